The van der Waals surface area contributed by atoms with Crippen LogP contribution in [-0.2, 0) is 13.2 Å². The number of carbonyl (C=O) groups is 1. The molecule has 41 heavy (non-hydrogen) atoms. The van der Waals surface area contributed by atoms with Crippen molar-refractivity contribution in [2.45, 2.75) is 19.8 Å². The third-order valence-corrected chi connectivity index (χ3v) is 7.64. The van der Waals surface area contributed by atoms with Crippen LogP contribution in [0, 0.1) is 0 Å². The first-order valence-electron chi connectivity index (χ1n) is 12.8. The van der Waals surface area contributed by atoms with Gasteiger partial charge in [-0.25, -0.2) is 0 Å². The number of ether oxygens (including phenoxy) is 2. The summed E-state index contributed by atoms with van der Waals surface area (Å²) in [5.41, 5.74) is 5.23. The maximum absolute atomic E-state index is 13.0. The smallest absolute Gasteiger partial charge is 0.387 e. The lowest BCUT2D eigenvalue weighted by Crippen LogP contribution is -2.26. The minimum Gasteiger partial charge on any atom is -0.488 e. The van der Waals surface area contributed by atoms with E-state index in [1.54, 1.807) is 41.5 Å². The molecule has 0 aliphatic rings. The number of alkyl halides is 2. The van der Waals surface area contributed by atoms with Gasteiger partial charge in [0, 0.05) is 40.2 Å². The minimum absolute atomic E-state index is 0.0499. The molecular weight excluding hydrogens is 564 g/mol. The van der Waals surface area contributed by atoms with E-state index in [-0.39, 0.29) is 18.3 Å². The second kappa shape index (κ2) is 13.0. The molecule has 0 aliphatic carbocycles. The van der Waals surface area contributed by atoms with Gasteiger partial charge in [-0.3, -0.25) is 4.79 Å². The highest BCUT2D eigenvalue weighted by Crippen LogP contribution is 2.42. The Kier molecular flexibility index (Phi) is 8.97. The molecule has 1 heterocycles. The summed E-state index contributed by atoms with van der Waals surface area (Å²) in [5.74, 6) is 0.678. The number of rotatable bonds is 10. The van der Waals surface area contributed by atoms with Crippen molar-refractivity contribution in [3.8, 4) is 33.1 Å². The molecule has 4 nitrogen and oxygen atoms in total. The molecule has 0 atom stereocenters. The van der Waals surface area contributed by atoms with Gasteiger partial charge >= 0.3 is 6.61 Å². The maximum atomic E-state index is 13.0. The Hall–Kier alpha value is -4.20. The normalized spacial score (nSPS) is 11.0. The first kappa shape index (κ1) is 28.3. The lowest BCUT2D eigenvalue weighted by molar-refractivity contribution is -0.0498. The van der Waals surface area contributed by atoms with Gasteiger partial charge in [-0.05, 0) is 70.6 Å². The molecule has 0 saturated heterocycles. The molecule has 208 valence electrons. The topological polar surface area (TPSA) is 38.8 Å². The summed E-state index contributed by atoms with van der Waals surface area (Å²) in [7, 11) is 1.80. The van der Waals surface area contributed by atoms with E-state index in [9.17, 15) is 13.6 Å². The van der Waals surface area contributed by atoms with Crippen LogP contribution in [-0.4, -0.2) is 24.5 Å². The fourth-order valence-corrected chi connectivity index (χ4v) is 5.51. The first-order chi connectivity index (χ1) is 19.9. The lowest BCUT2D eigenvalue weighted by Gasteiger charge is -2.17. The summed E-state index contributed by atoms with van der Waals surface area (Å²) in [6, 6.07) is 31.3. The zero-order valence-corrected chi connectivity index (χ0v) is 23.7. The number of hydrogen-bond donors (Lipinski definition) is 0. The van der Waals surface area contributed by atoms with Crippen molar-refractivity contribution in [3.05, 3.63) is 130 Å². The third kappa shape index (κ3) is 7.12. The Morgan fingerprint density at radius 3 is 2.32 bits per heavy atom. The average molecular weight is 590 g/mol. The predicted octanol–water partition coefficient (Wildman–Crippen LogP) is 9.19. The third-order valence-electron chi connectivity index (χ3n) is 6.44. The van der Waals surface area contributed by atoms with Gasteiger partial charge in [0.1, 0.15) is 18.1 Å². The number of carbonyl (C=O) groups excluding carboxylic acids is 1. The molecule has 0 saturated carbocycles. The van der Waals surface area contributed by atoms with Crippen molar-refractivity contribution < 1.29 is 23.0 Å². The molecule has 1 aromatic heterocycles. The number of benzene rings is 4. The maximum Gasteiger partial charge on any atom is 0.387 e. The Morgan fingerprint density at radius 1 is 0.878 bits per heavy atom. The van der Waals surface area contributed by atoms with Crippen molar-refractivity contribution in [2.24, 2.45) is 0 Å². The van der Waals surface area contributed by atoms with E-state index < -0.39 is 6.61 Å². The van der Waals surface area contributed by atoms with E-state index in [1.807, 2.05) is 78.2 Å². The molecule has 8 heteroatoms. The van der Waals surface area contributed by atoms with Gasteiger partial charge in [0.05, 0.1) is 0 Å². The summed E-state index contributed by atoms with van der Waals surface area (Å²) in [6.07, 6.45) is 0. The van der Waals surface area contributed by atoms with Gasteiger partial charge in [0.15, 0.2) is 0 Å². The second-order valence-electron chi connectivity index (χ2n) is 9.34. The number of nitrogens with zero attached hydrogens (tertiary/aromatic N) is 1. The van der Waals surface area contributed by atoms with Gasteiger partial charge in [-0.15, -0.1) is 11.3 Å². The van der Waals surface area contributed by atoms with Gasteiger partial charge in [0.25, 0.3) is 5.91 Å². The number of thiophene rings is 1. The van der Waals surface area contributed by atoms with E-state index in [0.717, 1.165) is 32.7 Å². The lowest BCUT2D eigenvalue weighted by atomic mass is 10.0. The fraction of sp³-hybridized carbons (Fsp3) is 0.121. The van der Waals surface area contributed by atoms with Crippen molar-refractivity contribution in [1.82, 2.24) is 4.90 Å². The summed E-state index contributed by atoms with van der Waals surface area (Å²) < 4.78 is 35.5. The zero-order valence-electron chi connectivity index (χ0n) is 22.1. The second-order valence-corrected chi connectivity index (χ2v) is 10.7. The molecule has 4 aromatic carbocycles. The van der Waals surface area contributed by atoms with Crippen molar-refractivity contribution in [3.63, 3.8) is 0 Å². The number of amides is 1. The van der Waals surface area contributed by atoms with E-state index in [4.69, 9.17) is 16.3 Å². The molecule has 1 amide bonds. The highest BCUT2D eigenvalue weighted by Gasteiger charge is 2.17. The molecule has 0 unspecified atom stereocenters. The molecule has 0 spiro atoms. The van der Waals surface area contributed by atoms with Gasteiger partial charge in [-0.1, -0.05) is 66.2 Å². The monoisotopic (exact) mass is 589 g/mol. The van der Waals surface area contributed by atoms with E-state index in [0.29, 0.717) is 22.9 Å². The van der Waals surface area contributed by atoms with Crippen LogP contribution in [0.5, 0.6) is 11.5 Å². The minimum atomic E-state index is -2.87. The van der Waals surface area contributed by atoms with Gasteiger partial charge in [0.2, 0.25) is 0 Å². The van der Waals surface area contributed by atoms with Crippen LogP contribution in [0.25, 0.3) is 21.6 Å². The standard InChI is InChI=1S/C33H26ClF2NO3S/c1-37(20-22-5-3-2-4-6-22)32(38)25-11-9-24(10-12-25)31-28(17-18-41-31)29-19-26(34)13-16-30(29)39-21-23-7-14-27(15-8-23)40-33(35)36/h2-19,33H,20-21H2,1H3. The first-order valence-corrected chi connectivity index (χ1v) is 14.1. The van der Waals surface area contributed by atoms with Crippen LogP contribution < -0.4 is 9.47 Å². The van der Waals surface area contributed by atoms with Crippen LogP contribution in [0.4, 0.5) is 8.78 Å². The van der Waals surface area contributed by atoms with Crippen molar-refractivity contribution in [2.75, 3.05) is 7.05 Å². The molecule has 0 N–H and O–H groups in total. The van der Waals surface area contributed by atoms with Crippen molar-refractivity contribution >= 4 is 28.8 Å². The number of halogens is 3. The van der Waals surface area contributed by atoms with Crippen LogP contribution in [0.3, 0.4) is 0 Å². The summed E-state index contributed by atoms with van der Waals surface area (Å²) in [4.78, 5) is 15.7. The Morgan fingerprint density at radius 2 is 1.61 bits per heavy atom. The van der Waals surface area contributed by atoms with Crippen LogP contribution >= 0.6 is 22.9 Å². The SMILES string of the molecule is CN(Cc1ccccc1)C(=O)c1ccc(-c2sccc2-c2cc(Cl)ccc2OCc2ccc(OC(F)F)cc2)cc1. The molecule has 0 fully saturated rings. The molecule has 5 rings (SSSR count). The fourth-order valence-electron chi connectivity index (χ4n) is 4.43. The van der Waals surface area contributed by atoms with E-state index in [2.05, 4.69) is 4.74 Å². The van der Waals surface area contributed by atoms with Gasteiger partial charge < -0.3 is 14.4 Å². The summed E-state index contributed by atoms with van der Waals surface area (Å²) in [5, 5.41) is 2.57. The highest BCUT2D eigenvalue weighted by atomic mass is 35.5. The summed E-state index contributed by atoms with van der Waals surface area (Å²) >= 11 is 7.97. The largest absolute Gasteiger partial charge is 0.488 e. The van der Waals surface area contributed by atoms with E-state index >= 15 is 0 Å². The van der Waals surface area contributed by atoms with Crippen LogP contribution in [0.1, 0.15) is 21.5 Å². The molecular formula is C33H26ClF2NO3S. The van der Waals surface area contributed by atoms with Crippen LogP contribution in [0.15, 0.2) is 109 Å². The molecule has 0 radical (unpaired) electrons. The van der Waals surface area contributed by atoms with Crippen molar-refractivity contribution in [1.29, 1.82) is 0 Å². The Bertz CT molecular complexity index is 1610. The molecule has 0 bridgehead atoms. The Labute approximate surface area is 246 Å². The average Bonchev–Trinajstić information content (AvgIpc) is 3.47. The van der Waals surface area contributed by atoms with Crippen LogP contribution in [0.2, 0.25) is 5.02 Å². The molecule has 0 aliphatic heterocycles. The van der Waals surface area contributed by atoms with E-state index in [1.165, 1.54) is 12.1 Å². The van der Waals surface area contributed by atoms with Gasteiger partial charge in [-0.2, -0.15) is 8.78 Å². The molecule has 5 aromatic rings. The Balaban J connectivity index is 1.33. The quantitative estimate of drug-likeness (QED) is 0.163. The number of hydrogen-bond acceptors (Lipinski definition) is 4. The zero-order chi connectivity index (χ0) is 28.8. The predicted molar refractivity (Wildman–Crippen MR) is 160 cm³/mol. The highest BCUT2D eigenvalue weighted by molar-refractivity contribution is 7.14. The summed E-state index contributed by atoms with van der Waals surface area (Å²) in [6.45, 7) is -2.11.